The predicted octanol–water partition coefficient (Wildman–Crippen LogP) is 5.05. The summed E-state index contributed by atoms with van der Waals surface area (Å²) >= 11 is 3.44. The first kappa shape index (κ1) is 16.0. The topological polar surface area (TPSA) is 55.2 Å². The largest absolute Gasteiger partial charge is 0.384 e. The molecule has 1 aromatic carbocycles. The third-order valence-corrected chi connectivity index (χ3v) is 3.73. The molecule has 0 aliphatic carbocycles. The zero-order valence-corrected chi connectivity index (χ0v) is 13.1. The number of hydrogen-bond acceptors (Lipinski definition) is 3. The van der Waals surface area contributed by atoms with Crippen LogP contribution in [0.4, 0.5) is 11.4 Å². The van der Waals surface area contributed by atoms with Crippen LogP contribution in [0.2, 0.25) is 0 Å². The number of anilines is 1. The molecule has 1 aromatic rings. The molecular weight excluding hydrogens is 308 g/mol. The molecule has 19 heavy (non-hydrogen) atoms. The van der Waals surface area contributed by atoms with Crippen molar-refractivity contribution in [2.24, 2.45) is 0 Å². The van der Waals surface area contributed by atoms with Gasteiger partial charge in [-0.3, -0.25) is 10.1 Å². The van der Waals surface area contributed by atoms with Crippen LogP contribution in [0.5, 0.6) is 0 Å². The molecule has 0 unspecified atom stereocenters. The van der Waals surface area contributed by atoms with Gasteiger partial charge in [-0.1, -0.05) is 32.6 Å². The molecule has 0 aliphatic rings. The molecule has 0 heterocycles. The zero-order chi connectivity index (χ0) is 14.3. The Kier molecular flexibility index (Phi) is 6.84. The van der Waals surface area contributed by atoms with Gasteiger partial charge in [-0.2, -0.15) is 0 Å². The summed E-state index contributed by atoms with van der Waals surface area (Å²) in [6.45, 7) is 4.79. The van der Waals surface area contributed by atoms with Gasteiger partial charge in [0.1, 0.15) is 0 Å². The smallest absolute Gasteiger partial charge is 0.274 e. The average molecular weight is 329 g/mol. The molecule has 0 fully saturated rings. The Morgan fingerprint density at radius 2 is 1.95 bits per heavy atom. The highest BCUT2D eigenvalue weighted by molar-refractivity contribution is 9.10. The second-order valence-corrected chi connectivity index (χ2v) is 5.57. The summed E-state index contributed by atoms with van der Waals surface area (Å²) < 4.78 is 0.879. The van der Waals surface area contributed by atoms with Gasteiger partial charge in [0.05, 0.1) is 10.6 Å². The van der Waals surface area contributed by atoms with Crippen LogP contribution >= 0.6 is 15.9 Å². The highest BCUT2D eigenvalue weighted by Gasteiger charge is 2.13. The van der Waals surface area contributed by atoms with Gasteiger partial charge in [0.25, 0.3) is 5.69 Å². The third kappa shape index (κ3) is 5.19. The number of rotatable bonds is 8. The fourth-order valence-corrected chi connectivity index (χ4v) is 2.54. The van der Waals surface area contributed by atoms with Crippen molar-refractivity contribution in [2.75, 3.05) is 11.9 Å². The summed E-state index contributed by atoms with van der Waals surface area (Å²) in [6.07, 6.45) is 6.07. The van der Waals surface area contributed by atoms with E-state index in [1.54, 1.807) is 19.1 Å². The van der Waals surface area contributed by atoms with Crippen molar-refractivity contribution in [1.82, 2.24) is 0 Å². The molecule has 0 spiro atoms. The van der Waals surface area contributed by atoms with E-state index >= 15 is 0 Å². The number of nitrogens with zero attached hydrogens (tertiary/aromatic N) is 1. The van der Waals surface area contributed by atoms with Gasteiger partial charge in [0.15, 0.2) is 0 Å². The van der Waals surface area contributed by atoms with E-state index in [1.165, 1.54) is 25.7 Å². The van der Waals surface area contributed by atoms with Crippen molar-refractivity contribution in [2.45, 2.75) is 46.0 Å². The fourth-order valence-electron chi connectivity index (χ4n) is 1.95. The molecule has 4 nitrogen and oxygen atoms in total. The number of hydrogen-bond donors (Lipinski definition) is 1. The van der Waals surface area contributed by atoms with E-state index in [4.69, 9.17) is 0 Å². The monoisotopic (exact) mass is 328 g/mol. The molecule has 0 atom stereocenters. The maximum Gasteiger partial charge on any atom is 0.274 e. The van der Waals surface area contributed by atoms with E-state index in [0.717, 1.165) is 23.1 Å². The second-order valence-electron chi connectivity index (χ2n) is 4.72. The molecule has 0 bridgehead atoms. The number of nitrogens with one attached hydrogen (secondary N) is 1. The summed E-state index contributed by atoms with van der Waals surface area (Å²) in [5.41, 5.74) is 1.63. The van der Waals surface area contributed by atoms with Crippen LogP contribution in [0, 0.1) is 17.0 Å². The van der Waals surface area contributed by atoms with E-state index < -0.39 is 0 Å². The minimum absolute atomic E-state index is 0.164. The van der Waals surface area contributed by atoms with Crippen LogP contribution in [-0.2, 0) is 0 Å². The van der Waals surface area contributed by atoms with Crippen molar-refractivity contribution in [3.05, 3.63) is 32.3 Å². The molecule has 1 rings (SSSR count). The summed E-state index contributed by atoms with van der Waals surface area (Å²) in [4.78, 5) is 10.6. The molecule has 0 radical (unpaired) electrons. The Morgan fingerprint density at radius 3 is 2.58 bits per heavy atom. The molecule has 0 aliphatic heterocycles. The van der Waals surface area contributed by atoms with Gasteiger partial charge in [-0.15, -0.1) is 0 Å². The highest BCUT2D eigenvalue weighted by atomic mass is 79.9. The maximum atomic E-state index is 10.9. The van der Waals surface area contributed by atoms with Crippen LogP contribution in [-0.4, -0.2) is 11.5 Å². The molecule has 5 heteroatoms. The van der Waals surface area contributed by atoms with Gasteiger partial charge in [-0.05, 0) is 35.3 Å². The Bertz CT molecular complexity index is 436. The maximum absolute atomic E-state index is 10.9. The summed E-state index contributed by atoms with van der Waals surface area (Å²) in [7, 11) is 0. The molecule has 0 saturated carbocycles. The van der Waals surface area contributed by atoms with Gasteiger partial charge in [0, 0.05) is 22.6 Å². The standard InChI is InChI=1S/C14H21BrN2O2/c1-3-4-5-6-7-8-16-13-10-14(17(18)19)11(2)9-12(13)15/h9-10,16H,3-8H2,1-2H3. The van der Waals surface area contributed by atoms with Gasteiger partial charge >= 0.3 is 0 Å². The number of benzene rings is 1. The van der Waals surface area contributed by atoms with Crippen molar-refractivity contribution >= 4 is 27.3 Å². The summed E-state index contributed by atoms with van der Waals surface area (Å²) in [6, 6.07) is 3.39. The lowest BCUT2D eigenvalue weighted by Crippen LogP contribution is -2.03. The van der Waals surface area contributed by atoms with Crippen LogP contribution in [0.1, 0.15) is 44.6 Å². The van der Waals surface area contributed by atoms with Gasteiger partial charge in [0.2, 0.25) is 0 Å². The van der Waals surface area contributed by atoms with E-state index in [1.807, 2.05) is 0 Å². The molecular formula is C14H21BrN2O2. The van der Waals surface area contributed by atoms with Crippen molar-refractivity contribution in [3.63, 3.8) is 0 Å². The molecule has 106 valence electrons. The minimum atomic E-state index is -0.339. The number of halogens is 1. The Balaban J connectivity index is 2.53. The molecule has 0 aromatic heterocycles. The normalized spacial score (nSPS) is 10.5. The van der Waals surface area contributed by atoms with Gasteiger partial charge < -0.3 is 5.32 Å². The van der Waals surface area contributed by atoms with Gasteiger partial charge in [-0.25, -0.2) is 0 Å². The summed E-state index contributed by atoms with van der Waals surface area (Å²) in [5, 5.41) is 14.2. The lowest BCUT2D eigenvalue weighted by atomic mass is 10.1. The highest BCUT2D eigenvalue weighted by Crippen LogP contribution is 2.30. The van der Waals surface area contributed by atoms with Crippen LogP contribution in [0.15, 0.2) is 16.6 Å². The lowest BCUT2D eigenvalue weighted by molar-refractivity contribution is -0.385. The quantitative estimate of drug-likeness (QED) is 0.412. The van der Waals surface area contributed by atoms with Crippen molar-refractivity contribution < 1.29 is 4.92 Å². The first-order valence-electron chi connectivity index (χ1n) is 6.74. The molecule has 1 N–H and O–H groups in total. The van der Waals surface area contributed by atoms with Crippen LogP contribution < -0.4 is 5.32 Å². The zero-order valence-electron chi connectivity index (χ0n) is 11.5. The van der Waals surface area contributed by atoms with Crippen molar-refractivity contribution in [3.8, 4) is 0 Å². The van der Waals surface area contributed by atoms with E-state index in [-0.39, 0.29) is 10.6 Å². The summed E-state index contributed by atoms with van der Waals surface area (Å²) in [5.74, 6) is 0. The second kappa shape index (κ2) is 8.15. The van der Waals surface area contributed by atoms with Crippen molar-refractivity contribution in [1.29, 1.82) is 0 Å². The lowest BCUT2D eigenvalue weighted by Gasteiger charge is -2.09. The van der Waals surface area contributed by atoms with E-state index in [2.05, 4.69) is 28.2 Å². The first-order chi connectivity index (χ1) is 9.06. The molecule has 0 amide bonds. The van der Waals surface area contributed by atoms with Crippen LogP contribution in [0.25, 0.3) is 0 Å². The number of aryl methyl sites for hydroxylation is 1. The van der Waals surface area contributed by atoms with E-state index in [0.29, 0.717) is 5.56 Å². The Hall–Kier alpha value is -1.10. The minimum Gasteiger partial charge on any atom is -0.384 e. The van der Waals surface area contributed by atoms with Crippen LogP contribution in [0.3, 0.4) is 0 Å². The first-order valence-corrected chi connectivity index (χ1v) is 7.54. The number of unbranched alkanes of at least 4 members (excludes halogenated alkanes) is 4. The Morgan fingerprint density at radius 1 is 1.26 bits per heavy atom. The Labute approximate surface area is 122 Å². The third-order valence-electron chi connectivity index (χ3n) is 3.08. The predicted molar refractivity (Wildman–Crippen MR) is 82.8 cm³/mol. The van der Waals surface area contributed by atoms with E-state index in [9.17, 15) is 10.1 Å². The SMILES string of the molecule is CCCCCCCNc1cc([N+](=O)[O-])c(C)cc1Br. The molecule has 0 saturated heterocycles. The average Bonchev–Trinajstić information content (AvgIpc) is 2.35. The number of nitro groups is 1. The fraction of sp³-hybridized carbons (Fsp3) is 0.571. The number of nitro benzene ring substituents is 1.